The summed E-state index contributed by atoms with van der Waals surface area (Å²) >= 11 is 0. The van der Waals surface area contributed by atoms with Gasteiger partial charge < -0.3 is 21.3 Å². The van der Waals surface area contributed by atoms with Gasteiger partial charge in [0.2, 0.25) is 5.95 Å². The fourth-order valence-corrected chi connectivity index (χ4v) is 1.73. The quantitative estimate of drug-likeness (QED) is 0.743. The summed E-state index contributed by atoms with van der Waals surface area (Å²) in [4.78, 5) is 8.02. The Morgan fingerprint density at radius 2 is 2.11 bits per heavy atom. The largest absolute Gasteiger partial charge is 0.487 e. The van der Waals surface area contributed by atoms with Crippen molar-refractivity contribution < 1.29 is 9.84 Å². The van der Waals surface area contributed by atoms with Gasteiger partial charge in [-0.25, -0.2) is 4.98 Å². The smallest absolute Gasteiger partial charge is 0.222 e. The maximum Gasteiger partial charge on any atom is 0.222 e. The Bertz CT molecular complexity index is 555. The van der Waals surface area contributed by atoms with Crippen LogP contribution >= 0.6 is 0 Å². The standard InChI is InChI=1S/C12H16N4O2/c1-2-7(6-17)18-9-5-3-4-8-10(9)11(13)16-12(14)15-8/h3-5,7,17H,2,6H2,1H3,(H4,13,14,15,16). The maximum absolute atomic E-state index is 9.17. The van der Waals surface area contributed by atoms with E-state index >= 15 is 0 Å². The molecule has 0 saturated heterocycles. The summed E-state index contributed by atoms with van der Waals surface area (Å²) in [5, 5.41) is 9.79. The number of nitrogen functional groups attached to an aromatic ring is 2. The van der Waals surface area contributed by atoms with Crippen LogP contribution in [0.2, 0.25) is 0 Å². The number of hydrogen-bond acceptors (Lipinski definition) is 6. The topological polar surface area (TPSA) is 107 Å². The fraction of sp³-hybridized carbons (Fsp3) is 0.333. The molecule has 1 unspecified atom stereocenters. The number of nitrogens with two attached hydrogens (primary N) is 2. The van der Waals surface area contributed by atoms with Crippen LogP contribution in [-0.2, 0) is 0 Å². The van der Waals surface area contributed by atoms with E-state index in [2.05, 4.69) is 9.97 Å². The molecule has 0 amide bonds. The van der Waals surface area contributed by atoms with E-state index in [1.54, 1.807) is 18.2 Å². The van der Waals surface area contributed by atoms with Crippen molar-refractivity contribution in [2.75, 3.05) is 18.1 Å². The molecule has 0 aliphatic heterocycles. The molecular formula is C12H16N4O2. The molecule has 0 saturated carbocycles. The van der Waals surface area contributed by atoms with Gasteiger partial charge in [-0.1, -0.05) is 13.0 Å². The van der Waals surface area contributed by atoms with E-state index in [4.69, 9.17) is 21.3 Å². The van der Waals surface area contributed by atoms with Gasteiger partial charge in [0.05, 0.1) is 17.5 Å². The maximum atomic E-state index is 9.17. The molecule has 0 spiro atoms. The van der Waals surface area contributed by atoms with Gasteiger partial charge >= 0.3 is 0 Å². The monoisotopic (exact) mass is 248 g/mol. The molecule has 0 aliphatic rings. The van der Waals surface area contributed by atoms with Crippen molar-refractivity contribution in [1.82, 2.24) is 9.97 Å². The van der Waals surface area contributed by atoms with Crippen LogP contribution in [0.3, 0.4) is 0 Å². The highest BCUT2D eigenvalue weighted by Gasteiger charge is 2.13. The molecule has 0 aliphatic carbocycles. The first-order valence-corrected chi connectivity index (χ1v) is 5.75. The van der Waals surface area contributed by atoms with Crippen molar-refractivity contribution in [2.45, 2.75) is 19.4 Å². The molecule has 18 heavy (non-hydrogen) atoms. The summed E-state index contributed by atoms with van der Waals surface area (Å²) in [6.45, 7) is 1.88. The molecule has 1 aromatic carbocycles. The Hall–Kier alpha value is -2.08. The number of ether oxygens (including phenoxy) is 1. The van der Waals surface area contributed by atoms with Crippen LogP contribution in [0.5, 0.6) is 5.75 Å². The van der Waals surface area contributed by atoms with E-state index in [1.807, 2.05) is 6.92 Å². The molecule has 0 radical (unpaired) electrons. The number of anilines is 2. The zero-order valence-corrected chi connectivity index (χ0v) is 10.1. The normalized spacial score (nSPS) is 12.6. The molecular weight excluding hydrogens is 232 g/mol. The van der Waals surface area contributed by atoms with Crippen LogP contribution in [0.1, 0.15) is 13.3 Å². The zero-order valence-electron chi connectivity index (χ0n) is 10.1. The predicted molar refractivity (Wildman–Crippen MR) is 70.2 cm³/mol. The van der Waals surface area contributed by atoms with E-state index in [-0.39, 0.29) is 24.5 Å². The Morgan fingerprint density at radius 1 is 1.33 bits per heavy atom. The molecule has 1 atom stereocenters. The van der Waals surface area contributed by atoms with Crippen molar-refractivity contribution in [2.24, 2.45) is 0 Å². The van der Waals surface area contributed by atoms with Gasteiger partial charge in [-0.15, -0.1) is 0 Å². The third-order valence-corrected chi connectivity index (χ3v) is 2.68. The third kappa shape index (κ3) is 2.28. The molecule has 0 fully saturated rings. The van der Waals surface area contributed by atoms with Crippen LogP contribution in [0, 0.1) is 0 Å². The van der Waals surface area contributed by atoms with Gasteiger partial charge in [-0.05, 0) is 18.6 Å². The first-order valence-electron chi connectivity index (χ1n) is 5.75. The van der Waals surface area contributed by atoms with Gasteiger partial charge in [-0.3, -0.25) is 0 Å². The van der Waals surface area contributed by atoms with Crippen molar-refractivity contribution in [3.05, 3.63) is 18.2 Å². The lowest BCUT2D eigenvalue weighted by Crippen LogP contribution is -2.20. The van der Waals surface area contributed by atoms with Crippen LogP contribution in [0.25, 0.3) is 10.9 Å². The summed E-state index contributed by atoms with van der Waals surface area (Å²) in [5.74, 6) is 0.971. The molecule has 1 aromatic heterocycles. The predicted octanol–water partition coefficient (Wildman–Crippen LogP) is 0.944. The van der Waals surface area contributed by atoms with Crippen LogP contribution in [-0.4, -0.2) is 27.8 Å². The number of aliphatic hydroxyl groups is 1. The number of benzene rings is 1. The molecule has 0 bridgehead atoms. The van der Waals surface area contributed by atoms with E-state index in [0.717, 1.165) is 0 Å². The second-order valence-electron chi connectivity index (χ2n) is 3.95. The summed E-state index contributed by atoms with van der Waals surface area (Å²) in [7, 11) is 0. The summed E-state index contributed by atoms with van der Waals surface area (Å²) < 4.78 is 5.70. The van der Waals surface area contributed by atoms with E-state index in [9.17, 15) is 0 Å². The lowest BCUT2D eigenvalue weighted by Gasteiger charge is -2.16. The van der Waals surface area contributed by atoms with Crippen LogP contribution in [0.4, 0.5) is 11.8 Å². The van der Waals surface area contributed by atoms with Gasteiger partial charge in [0.15, 0.2) is 0 Å². The summed E-state index contributed by atoms with van der Waals surface area (Å²) in [5.41, 5.74) is 12.0. The third-order valence-electron chi connectivity index (χ3n) is 2.68. The molecule has 2 rings (SSSR count). The summed E-state index contributed by atoms with van der Waals surface area (Å²) in [6.07, 6.45) is 0.426. The highest BCUT2D eigenvalue weighted by atomic mass is 16.5. The second kappa shape index (κ2) is 5.05. The van der Waals surface area contributed by atoms with E-state index < -0.39 is 0 Å². The lowest BCUT2D eigenvalue weighted by atomic mass is 10.2. The highest BCUT2D eigenvalue weighted by molar-refractivity contribution is 5.94. The minimum Gasteiger partial charge on any atom is -0.487 e. The first kappa shape index (κ1) is 12.4. The van der Waals surface area contributed by atoms with Crippen LogP contribution < -0.4 is 16.2 Å². The van der Waals surface area contributed by atoms with Gasteiger partial charge in [-0.2, -0.15) is 4.98 Å². The van der Waals surface area contributed by atoms with Gasteiger partial charge in [0, 0.05) is 0 Å². The molecule has 2 aromatic rings. The van der Waals surface area contributed by atoms with Crippen molar-refractivity contribution in [1.29, 1.82) is 0 Å². The Kier molecular flexibility index (Phi) is 3.47. The molecule has 5 N–H and O–H groups in total. The lowest BCUT2D eigenvalue weighted by molar-refractivity contribution is 0.114. The molecule has 1 heterocycles. The Balaban J connectivity index is 2.51. The number of aromatic nitrogens is 2. The minimum absolute atomic E-state index is 0.0530. The minimum atomic E-state index is -0.271. The zero-order chi connectivity index (χ0) is 13.1. The van der Waals surface area contributed by atoms with Crippen molar-refractivity contribution in [3.8, 4) is 5.75 Å². The first-order chi connectivity index (χ1) is 8.65. The Labute approximate surface area is 105 Å². The molecule has 6 heteroatoms. The van der Waals surface area contributed by atoms with Gasteiger partial charge in [0.25, 0.3) is 0 Å². The Morgan fingerprint density at radius 3 is 2.78 bits per heavy atom. The summed E-state index contributed by atoms with van der Waals surface area (Å²) in [6, 6.07) is 5.36. The second-order valence-corrected chi connectivity index (χ2v) is 3.95. The number of aliphatic hydroxyl groups excluding tert-OH is 1. The average molecular weight is 248 g/mol. The van der Waals surface area contributed by atoms with Crippen molar-refractivity contribution >= 4 is 22.7 Å². The number of fused-ring (bicyclic) bond motifs is 1. The van der Waals surface area contributed by atoms with Crippen molar-refractivity contribution in [3.63, 3.8) is 0 Å². The number of nitrogens with zero attached hydrogens (tertiary/aromatic N) is 2. The SMILES string of the molecule is CCC(CO)Oc1cccc2nc(N)nc(N)c12. The van der Waals surface area contributed by atoms with E-state index in [1.165, 1.54) is 0 Å². The van der Waals surface area contributed by atoms with Crippen LogP contribution in [0.15, 0.2) is 18.2 Å². The molecule has 6 nitrogen and oxygen atoms in total. The fourth-order valence-electron chi connectivity index (χ4n) is 1.73. The van der Waals surface area contributed by atoms with E-state index in [0.29, 0.717) is 23.1 Å². The molecule has 96 valence electrons. The average Bonchev–Trinajstić information content (AvgIpc) is 2.35. The number of rotatable bonds is 4. The van der Waals surface area contributed by atoms with Gasteiger partial charge in [0.1, 0.15) is 17.7 Å². The number of hydrogen-bond donors (Lipinski definition) is 3. The highest BCUT2D eigenvalue weighted by Crippen LogP contribution is 2.29.